The van der Waals surface area contributed by atoms with Gasteiger partial charge in [0.1, 0.15) is 11.6 Å². The van der Waals surface area contributed by atoms with E-state index in [0.717, 1.165) is 82.2 Å². The lowest BCUT2D eigenvalue weighted by Crippen LogP contribution is -2.49. The summed E-state index contributed by atoms with van der Waals surface area (Å²) < 4.78 is 24.3. The number of likely N-dealkylation sites (tertiary alicyclic amines) is 1. The zero-order valence-electron chi connectivity index (χ0n) is 18.1. The Hall–Kier alpha value is -2.38. The molecule has 168 valence electrons. The van der Waals surface area contributed by atoms with Crippen LogP contribution in [0.3, 0.4) is 0 Å². The van der Waals surface area contributed by atoms with E-state index in [1.165, 1.54) is 12.1 Å². The van der Waals surface area contributed by atoms with Crippen LogP contribution in [0.2, 0.25) is 0 Å². The number of halogens is 1. The van der Waals surface area contributed by atoms with Crippen molar-refractivity contribution in [3.8, 4) is 0 Å². The third kappa shape index (κ3) is 7.08. The molecule has 7 heteroatoms. The molecule has 2 aromatic rings. The zero-order valence-corrected chi connectivity index (χ0v) is 18.1. The van der Waals surface area contributed by atoms with Crippen molar-refractivity contribution in [2.75, 3.05) is 32.8 Å². The highest BCUT2D eigenvalue weighted by Crippen LogP contribution is 2.15. The Morgan fingerprint density at radius 1 is 1.13 bits per heavy atom. The number of hydrogen-bond acceptors (Lipinski definition) is 4. The Labute approximate surface area is 183 Å². The number of nitrogens with one attached hydrogen (secondary N) is 2. The van der Waals surface area contributed by atoms with Crippen LogP contribution in [0.4, 0.5) is 4.39 Å². The van der Waals surface area contributed by atoms with E-state index in [-0.39, 0.29) is 11.9 Å². The molecule has 2 aliphatic heterocycles. The fourth-order valence-electron chi connectivity index (χ4n) is 4.17. The summed E-state index contributed by atoms with van der Waals surface area (Å²) in [4.78, 5) is 7.23. The molecule has 0 aliphatic carbocycles. The lowest BCUT2D eigenvalue weighted by molar-refractivity contribution is 0.117. The van der Waals surface area contributed by atoms with Gasteiger partial charge in [-0.25, -0.2) is 4.39 Å². The summed E-state index contributed by atoms with van der Waals surface area (Å²) in [5.41, 5.74) is 1.16. The van der Waals surface area contributed by atoms with Crippen LogP contribution in [0.5, 0.6) is 0 Å². The van der Waals surface area contributed by atoms with Gasteiger partial charge in [-0.1, -0.05) is 12.1 Å². The molecular weight excluding hydrogens is 395 g/mol. The Morgan fingerprint density at radius 3 is 2.68 bits per heavy atom. The smallest absolute Gasteiger partial charge is 0.191 e. The molecule has 4 rings (SSSR count). The average molecular weight is 429 g/mol. The highest BCUT2D eigenvalue weighted by Gasteiger charge is 2.21. The van der Waals surface area contributed by atoms with E-state index in [4.69, 9.17) is 14.1 Å². The van der Waals surface area contributed by atoms with Crippen LogP contribution in [-0.4, -0.2) is 55.8 Å². The van der Waals surface area contributed by atoms with E-state index in [1.54, 1.807) is 6.26 Å². The molecule has 1 atom stereocenters. The largest absolute Gasteiger partial charge is 0.469 e. The maximum Gasteiger partial charge on any atom is 0.191 e. The maximum atomic E-state index is 13.1. The van der Waals surface area contributed by atoms with Crippen LogP contribution < -0.4 is 10.6 Å². The predicted octanol–water partition coefficient (Wildman–Crippen LogP) is 3.34. The number of aliphatic imine (C=N–C) groups is 1. The second-order valence-electron chi connectivity index (χ2n) is 8.40. The average Bonchev–Trinajstić information content (AvgIpc) is 3.49. The topological polar surface area (TPSA) is 62.0 Å². The van der Waals surface area contributed by atoms with Crippen LogP contribution in [0.1, 0.15) is 37.0 Å². The summed E-state index contributed by atoms with van der Waals surface area (Å²) >= 11 is 0. The third-order valence-electron chi connectivity index (χ3n) is 5.97. The number of piperidine rings is 1. The molecule has 1 aromatic heterocycles. The van der Waals surface area contributed by atoms with Gasteiger partial charge >= 0.3 is 0 Å². The summed E-state index contributed by atoms with van der Waals surface area (Å²) in [5, 5.41) is 7.09. The predicted molar refractivity (Wildman–Crippen MR) is 120 cm³/mol. The molecule has 2 saturated heterocycles. The molecule has 31 heavy (non-hydrogen) atoms. The number of benzene rings is 1. The summed E-state index contributed by atoms with van der Waals surface area (Å²) in [6.07, 6.45) is 7.09. The van der Waals surface area contributed by atoms with Crippen molar-refractivity contribution >= 4 is 5.96 Å². The standard InChI is InChI=1S/C24H33FN4O2/c25-20-7-5-19(6-8-20)18-29-13-10-21(11-14-29)28-24(27-17-23-4-2-16-31-23)26-12-9-22-3-1-15-30-22/h1,3,5-8,15,21,23H,2,4,9-14,16-18H2,(H2,26,27,28). The zero-order chi connectivity index (χ0) is 21.3. The molecule has 1 aromatic carbocycles. The summed E-state index contributed by atoms with van der Waals surface area (Å²) in [5.74, 6) is 1.65. The van der Waals surface area contributed by atoms with Crippen molar-refractivity contribution in [3.05, 3.63) is 59.8 Å². The first-order chi connectivity index (χ1) is 15.2. The Kier molecular flexibility index (Phi) is 7.96. The van der Waals surface area contributed by atoms with Crippen molar-refractivity contribution in [1.29, 1.82) is 0 Å². The summed E-state index contributed by atoms with van der Waals surface area (Å²) in [6.45, 7) is 5.21. The van der Waals surface area contributed by atoms with Crippen molar-refractivity contribution in [1.82, 2.24) is 15.5 Å². The van der Waals surface area contributed by atoms with Gasteiger partial charge in [-0.3, -0.25) is 9.89 Å². The molecule has 2 N–H and O–H groups in total. The molecular formula is C24H33FN4O2. The monoisotopic (exact) mass is 428 g/mol. The van der Waals surface area contributed by atoms with Gasteiger partial charge in [-0.05, 0) is 55.5 Å². The van der Waals surface area contributed by atoms with Gasteiger partial charge in [0.2, 0.25) is 0 Å². The van der Waals surface area contributed by atoms with Crippen molar-refractivity contribution in [2.45, 2.75) is 50.8 Å². The Balaban J connectivity index is 1.25. The number of nitrogens with zero attached hydrogens (tertiary/aromatic N) is 2. The van der Waals surface area contributed by atoms with Crippen LogP contribution in [0.25, 0.3) is 0 Å². The van der Waals surface area contributed by atoms with Crippen LogP contribution in [-0.2, 0) is 17.7 Å². The molecule has 2 aliphatic rings. The minimum absolute atomic E-state index is 0.180. The maximum absolute atomic E-state index is 13.1. The molecule has 0 radical (unpaired) electrons. The molecule has 3 heterocycles. The van der Waals surface area contributed by atoms with Crippen LogP contribution >= 0.6 is 0 Å². The van der Waals surface area contributed by atoms with E-state index >= 15 is 0 Å². The molecule has 1 unspecified atom stereocenters. The normalized spacial score (nSPS) is 20.8. The van der Waals surface area contributed by atoms with E-state index in [1.807, 2.05) is 24.3 Å². The van der Waals surface area contributed by atoms with Gasteiger partial charge < -0.3 is 19.8 Å². The molecule has 0 spiro atoms. The van der Waals surface area contributed by atoms with Crippen molar-refractivity contribution in [2.24, 2.45) is 4.99 Å². The lowest BCUT2D eigenvalue weighted by atomic mass is 10.0. The molecule has 0 saturated carbocycles. The van der Waals surface area contributed by atoms with E-state index in [2.05, 4.69) is 15.5 Å². The summed E-state index contributed by atoms with van der Waals surface area (Å²) in [6, 6.07) is 11.1. The third-order valence-corrected chi connectivity index (χ3v) is 5.97. The number of hydrogen-bond donors (Lipinski definition) is 2. The quantitative estimate of drug-likeness (QED) is 0.499. The number of ether oxygens (including phenoxy) is 1. The number of furan rings is 1. The Morgan fingerprint density at radius 2 is 1.97 bits per heavy atom. The van der Waals surface area contributed by atoms with E-state index in [0.29, 0.717) is 12.6 Å². The van der Waals surface area contributed by atoms with Gasteiger partial charge in [0.05, 0.1) is 18.9 Å². The highest BCUT2D eigenvalue weighted by molar-refractivity contribution is 5.80. The molecule has 0 amide bonds. The first-order valence-electron chi connectivity index (χ1n) is 11.4. The van der Waals surface area contributed by atoms with Gasteiger partial charge in [-0.15, -0.1) is 0 Å². The van der Waals surface area contributed by atoms with Gasteiger partial charge in [-0.2, -0.15) is 0 Å². The first kappa shape index (κ1) is 21.8. The van der Waals surface area contributed by atoms with Gasteiger partial charge in [0.25, 0.3) is 0 Å². The van der Waals surface area contributed by atoms with Crippen molar-refractivity contribution < 1.29 is 13.5 Å². The van der Waals surface area contributed by atoms with E-state index < -0.39 is 0 Å². The van der Waals surface area contributed by atoms with Crippen molar-refractivity contribution in [3.63, 3.8) is 0 Å². The Bertz CT molecular complexity index is 795. The molecule has 2 fully saturated rings. The van der Waals surface area contributed by atoms with Crippen LogP contribution in [0, 0.1) is 5.82 Å². The molecule has 0 bridgehead atoms. The van der Waals surface area contributed by atoms with E-state index in [9.17, 15) is 4.39 Å². The first-order valence-corrected chi connectivity index (χ1v) is 11.4. The fourth-order valence-corrected chi connectivity index (χ4v) is 4.17. The molecule has 6 nitrogen and oxygen atoms in total. The summed E-state index contributed by atoms with van der Waals surface area (Å²) in [7, 11) is 0. The minimum atomic E-state index is -0.180. The second-order valence-corrected chi connectivity index (χ2v) is 8.40. The van der Waals surface area contributed by atoms with Gasteiger partial charge in [0.15, 0.2) is 5.96 Å². The second kappa shape index (κ2) is 11.3. The van der Waals surface area contributed by atoms with Crippen LogP contribution in [0.15, 0.2) is 52.1 Å². The number of rotatable bonds is 8. The SMILES string of the molecule is Fc1ccc(CN2CCC(NC(=NCC3CCCO3)NCCc3ccco3)CC2)cc1. The van der Waals surface area contributed by atoms with Gasteiger partial charge in [0, 0.05) is 45.2 Å². The number of guanidine groups is 1. The fraction of sp³-hybridized carbons (Fsp3) is 0.542. The minimum Gasteiger partial charge on any atom is -0.469 e. The lowest BCUT2D eigenvalue weighted by Gasteiger charge is -2.33. The highest BCUT2D eigenvalue weighted by atomic mass is 19.1.